The van der Waals surface area contributed by atoms with Gasteiger partial charge in [-0.25, -0.2) is 0 Å². The number of likely N-dealkylation sites (tertiary alicyclic amines) is 1. The minimum atomic E-state index is -4.33. The van der Waals surface area contributed by atoms with Crippen molar-refractivity contribution in [3.05, 3.63) is 54.0 Å². The van der Waals surface area contributed by atoms with Crippen LogP contribution < -0.4 is 4.90 Å². The van der Waals surface area contributed by atoms with Gasteiger partial charge in [-0.05, 0) is 43.2 Å². The van der Waals surface area contributed by atoms with Crippen LogP contribution >= 0.6 is 0 Å². The number of furan rings is 1. The van der Waals surface area contributed by atoms with Crippen molar-refractivity contribution >= 4 is 11.6 Å². The van der Waals surface area contributed by atoms with E-state index in [4.69, 9.17) is 4.42 Å². The Kier molecular flexibility index (Phi) is 5.54. The number of carbonyl (C=O) groups excluding carboxylic acids is 1. The third-order valence-corrected chi connectivity index (χ3v) is 5.78. The van der Waals surface area contributed by atoms with Crippen LogP contribution in [0.4, 0.5) is 18.9 Å². The van der Waals surface area contributed by atoms with Gasteiger partial charge in [-0.1, -0.05) is 6.07 Å². The molecule has 29 heavy (non-hydrogen) atoms. The standard InChI is InChI=1S/C21H24F3N3O2/c22-21(23,24)16-4-1-5-17(14-16)25-9-11-26(12-10-25)18-6-2-8-27(15-18)20(28)19-7-3-13-29-19/h1,3-5,7,13-14,18H,2,6,8-12,15H2/t18-/m1/s1. The Morgan fingerprint density at radius 2 is 1.83 bits per heavy atom. The van der Waals surface area contributed by atoms with Crippen molar-refractivity contribution < 1.29 is 22.4 Å². The summed E-state index contributed by atoms with van der Waals surface area (Å²) in [5.41, 5.74) is -0.00506. The number of benzene rings is 1. The number of nitrogens with zero attached hydrogens (tertiary/aromatic N) is 3. The second-order valence-electron chi connectivity index (χ2n) is 7.60. The molecule has 156 valence electrons. The quantitative estimate of drug-likeness (QED) is 0.778. The normalized spacial score (nSPS) is 21.4. The first kappa shape index (κ1) is 19.8. The van der Waals surface area contributed by atoms with Gasteiger partial charge in [0, 0.05) is 51.0 Å². The fourth-order valence-electron chi connectivity index (χ4n) is 4.22. The lowest BCUT2D eigenvalue weighted by atomic mass is 10.0. The molecular weight excluding hydrogens is 383 g/mol. The average molecular weight is 407 g/mol. The molecule has 2 aromatic rings. The highest BCUT2D eigenvalue weighted by atomic mass is 19.4. The molecule has 0 radical (unpaired) electrons. The Morgan fingerprint density at radius 3 is 2.52 bits per heavy atom. The molecular formula is C21H24F3N3O2. The number of piperidine rings is 1. The monoisotopic (exact) mass is 407 g/mol. The molecule has 4 rings (SSSR count). The Morgan fingerprint density at radius 1 is 1.03 bits per heavy atom. The van der Waals surface area contributed by atoms with Gasteiger partial charge in [0.15, 0.2) is 5.76 Å². The van der Waals surface area contributed by atoms with E-state index in [0.29, 0.717) is 31.1 Å². The van der Waals surface area contributed by atoms with Crippen molar-refractivity contribution in [1.82, 2.24) is 9.80 Å². The number of halogens is 3. The molecule has 1 aromatic heterocycles. The fraction of sp³-hybridized carbons (Fsp3) is 0.476. The van der Waals surface area contributed by atoms with Gasteiger partial charge in [-0.3, -0.25) is 9.69 Å². The van der Waals surface area contributed by atoms with Crippen LogP contribution in [0.1, 0.15) is 29.0 Å². The largest absolute Gasteiger partial charge is 0.459 e. The summed E-state index contributed by atoms with van der Waals surface area (Å²) in [4.78, 5) is 18.7. The van der Waals surface area contributed by atoms with Crippen LogP contribution in [0.5, 0.6) is 0 Å². The highest BCUT2D eigenvalue weighted by molar-refractivity contribution is 5.91. The molecule has 2 aliphatic rings. The van der Waals surface area contributed by atoms with Crippen molar-refractivity contribution in [2.75, 3.05) is 44.2 Å². The Hall–Kier alpha value is -2.48. The van der Waals surface area contributed by atoms with E-state index < -0.39 is 11.7 Å². The van der Waals surface area contributed by atoms with Crippen LogP contribution in [0.15, 0.2) is 47.1 Å². The van der Waals surface area contributed by atoms with Gasteiger partial charge >= 0.3 is 6.18 Å². The lowest BCUT2D eigenvalue weighted by Crippen LogP contribution is -2.55. The van der Waals surface area contributed by atoms with Gasteiger partial charge in [0.1, 0.15) is 0 Å². The molecule has 0 spiro atoms. The molecule has 0 N–H and O–H groups in total. The van der Waals surface area contributed by atoms with Crippen LogP contribution in [0.2, 0.25) is 0 Å². The Bertz CT molecular complexity index is 830. The second-order valence-corrected chi connectivity index (χ2v) is 7.60. The Labute approximate surface area is 167 Å². The summed E-state index contributed by atoms with van der Waals surface area (Å²) in [5.74, 6) is 0.280. The molecule has 1 aromatic carbocycles. The number of hydrogen-bond donors (Lipinski definition) is 0. The lowest BCUT2D eigenvalue weighted by molar-refractivity contribution is -0.137. The molecule has 2 fully saturated rings. The zero-order valence-electron chi connectivity index (χ0n) is 16.1. The number of piperazine rings is 1. The average Bonchev–Trinajstić information content (AvgIpc) is 3.28. The molecule has 2 saturated heterocycles. The van der Waals surface area contributed by atoms with Crippen molar-refractivity contribution in [2.45, 2.75) is 25.1 Å². The zero-order valence-corrected chi connectivity index (χ0v) is 16.1. The van der Waals surface area contributed by atoms with E-state index in [1.54, 1.807) is 18.2 Å². The third-order valence-electron chi connectivity index (χ3n) is 5.78. The van der Waals surface area contributed by atoms with E-state index in [2.05, 4.69) is 4.90 Å². The molecule has 0 saturated carbocycles. The predicted octanol–water partition coefficient (Wildman–Crippen LogP) is 3.73. The highest BCUT2D eigenvalue weighted by Gasteiger charge is 2.33. The van der Waals surface area contributed by atoms with Gasteiger partial charge < -0.3 is 14.2 Å². The maximum Gasteiger partial charge on any atom is 0.416 e. The minimum Gasteiger partial charge on any atom is -0.459 e. The van der Waals surface area contributed by atoms with E-state index in [1.165, 1.54) is 18.4 Å². The van der Waals surface area contributed by atoms with E-state index in [1.807, 2.05) is 9.80 Å². The SMILES string of the molecule is O=C(c1ccco1)N1CCC[C@@H](N2CCN(c3cccc(C(F)(F)F)c3)CC2)C1. The molecule has 3 heterocycles. The number of anilines is 1. The smallest absolute Gasteiger partial charge is 0.416 e. The van der Waals surface area contributed by atoms with Gasteiger partial charge in [0.2, 0.25) is 0 Å². The number of amides is 1. The van der Waals surface area contributed by atoms with Crippen LogP contribution in [-0.2, 0) is 6.18 Å². The molecule has 0 unspecified atom stereocenters. The first-order chi connectivity index (χ1) is 13.9. The van der Waals surface area contributed by atoms with E-state index in [0.717, 1.165) is 38.5 Å². The summed E-state index contributed by atoms with van der Waals surface area (Å²) >= 11 is 0. The molecule has 8 heteroatoms. The maximum absolute atomic E-state index is 13.0. The minimum absolute atomic E-state index is 0.0812. The summed E-state index contributed by atoms with van der Waals surface area (Å²) in [5, 5.41) is 0. The third kappa shape index (κ3) is 4.42. The molecule has 5 nitrogen and oxygen atoms in total. The molecule has 0 bridgehead atoms. The Balaban J connectivity index is 1.35. The van der Waals surface area contributed by atoms with Crippen LogP contribution in [-0.4, -0.2) is 61.0 Å². The van der Waals surface area contributed by atoms with Gasteiger partial charge in [0.05, 0.1) is 11.8 Å². The molecule has 2 aliphatic heterocycles. The zero-order chi connectivity index (χ0) is 20.4. The molecule has 0 aliphatic carbocycles. The van der Waals surface area contributed by atoms with Crippen LogP contribution in [0.25, 0.3) is 0 Å². The number of rotatable bonds is 3. The van der Waals surface area contributed by atoms with E-state index in [9.17, 15) is 18.0 Å². The lowest BCUT2D eigenvalue weighted by Gasteiger charge is -2.43. The summed E-state index contributed by atoms with van der Waals surface area (Å²) in [7, 11) is 0. The highest BCUT2D eigenvalue weighted by Crippen LogP contribution is 2.32. The second kappa shape index (κ2) is 8.10. The van der Waals surface area contributed by atoms with E-state index >= 15 is 0 Å². The number of hydrogen-bond acceptors (Lipinski definition) is 4. The topological polar surface area (TPSA) is 39.9 Å². The van der Waals surface area contributed by atoms with Gasteiger partial charge in [-0.15, -0.1) is 0 Å². The van der Waals surface area contributed by atoms with E-state index in [-0.39, 0.29) is 11.9 Å². The maximum atomic E-state index is 13.0. The van der Waals surface area contributed by atoms with Crippen molar-refractivity contribution in [3.63, 3.8) is 0 Å². The summed E-state index contributed by atoms with van der Waals surface area (Å²) in [6.45, 7) is 4.25. The van der Waals surface area contributed by atoms with Crippen molar-refractivity contribution in [2.24, 2.45) is 0 Å². The summed E-state index contributed by atoms with van der Waals surface area (Å²) in [6.07, 6.45) is -0.873. The predicted molar refractivity (Wildman–Crippen MR) is 103 cm³/mol. The van der Waals surface area contributed by atoms with Crippen LogP contribution in [0, 0.1) is 0 Å². The summed E-state index contributed by atoms with van der Waals surface area (Å²) < 4.78 is 44.2. The fourth-order valence-corrected chi connectivity index (χ4v) is 4.22. The van der Waals surface area contributed by atoms with Crippen molar-refractivity contribution in [1.29, 1.82) is 0 Å². The first-order valence-corrected chi connectivity index (χ1v) is 9.91. The van der Waals surface area contributed by atoms with Crippen LogP contribution in [0.3, 0.4) is 0 Å². The number of alkyl halides is 3. The van der Waals surface area contributed by atoms with Gasteiger partial charge in [-0.2, -0.15) is 13.2 Å². The molecule has 1 atom stereocenters. The molecule has 1 amide bonds. The van der Waals surface area contributed by atoms with Gasteiger partial charge in [0.25, 0.3) is 5.91 Å². The first-order valence-electron chi connectivity index (χ1n) is 9.91. The summed E-state index contributed by atoms with van der Waals surface area (Å²) in [6, 6.07) is 9.18. The van der Waals surface area contributed by atoms with Crippen molar-refractivity contribution in [3.8, 4) is 0 Å². The number of carbonyl (C=O) groups is 1.